The lowest BCUT2D eigenvalue weighted by Gasteiger charge is -2.30. The normalized spacial score (nSPS) is 15.4. The molecule has 3 aromatic rings. The van der Waals surface area contributed by atoms with Crippen LogP contribution in [0.2, 0.25) is 0 Å². The molecule has 1 aliphatic heterocycles. The molecule has 0 atom stereocenters. The molecule has 2 N–H and O–H groups in total. The van der Waals surface area contributed by atoms with E-state index >= 15 is 0 Å². The number of H-pyrrole nitrogens is 1. The Bertz CT molecular complexity index is 859. The van der Waals surface area contributed by atoms with Gasteiger partial charge < -0.3 is 14.3 Å². The summed E-state index contributed by atoms with van der Waals surface area (Å²) in [5.74, 6) is 0.477. The van der Waals surface area contributed by atoms with E-state index in [0.717, 1.165) is 11.0 Å². The number of furan rings is 1. The zero-order valence-corrected chi connectivity index (χ0v) is 13.6. The number of fused-ring (bicyclic) bond motifs is 1. The Labute approximate surface area is 144 Å². The van der Waals surface area contributed by atoms with E-state index in [0.29, 0.717) is 37.6 Å². The summed E-state index contributed by atoms with van der Waals surface area (Å²) in [6.07, 6.45) is 2.73. The molecule has 4 rings (SSSR count). The van der Waals surface area contributed by atoms with Crippen molar-refractivity contribution in [1.82, 2.24) is 14.9 Å². The summed E-state index contributed by atoms with van der Waals surface area (Å²) < 4.78 is 5.15. The van der Waals surface area contributed by atoms with E-state index in [1.807, 2.05) is 24.3 Å². The van der Waals surface area contributed by atoms with Gasteiger partial charge in [0, 0.05) is 19.0 Å². The number of amides is 2. The number of benzene rings is 1. The van der Waals surface area contributed by atoms with Crippen molar-refractivity contribution < 1.29 is 14.0 Å². The molecule has 1 aliphatic rings. The number of imidazole rings is 1. The van der Waals surface area contributed by atoms with Gasteiger partial charge in [0.25, 0.3) is 5.91 Å². The number of piperidine rings is 1. The van der Waals surface area contributed by atoms with Crippen LogP contribution in [-0.2, 0) is 4.79 Å². The Morgan fingerprint density at radius 1 is 1.16 bits per heavy atom. The third-order valence-corrected chi connectivity index (χ3v) is 4.52. The Hall–Kier alpha value is -3.09. The molecule has 0 aliphatic carbocycles. The molecule has 0 spiro atoms. The highest BCUT2D eigenvalue weighted by Gasteiger charge is 2.29. The smallest absolute Gasteiger partial charge is 0.289 e. The summed E-state index contributed by atoms with van der Waals surface area (Å²) in [7, 11) is 0. The summed E-state index contributed by atoms with van der Waals surface area (Å²) in [6.45, 7) is 1.08. The number of carbonyl (C=O) groups is 2. The number of rotatable bonds is 3. The van der Waals surface area contributed by atoms with E-state index in [1.54, 1.807) is 17.0 Å². The number of likely N-dealkylation sites (tertiary alicyclic amines) is 1. The van der Waals surface area contributed by atoms with Crippen LogP contribution in [0.4, 0.5) is 5.95 Å². The van der Waals surface area contributed by atoms with Gasteiger partial charge >= 0.3 is 0 Å². The van der Waals surface area contributed by atoms with Gasteiger partial charge in [-0.25, -0.2) is 4.98 Å². The quantitative estimate of drug-likeness (QED) is 0.768. The summed E-state index contributed by atoms with van der Waals surface area (Å²) in [5.41, 5.74) is 1.70. The van der Waals surface area contributed by atoms with Gasteiger partial charge in [0.1, 0.15) is 0 Å². The lowest BCUT2D eigenvalue weighted by molar-refractivity contribution is -0.121. The maximum atomic E-state index is 12.5. The molecule has 0 radical (unpaired) electrons. The van der Waals surface area contributed by atoms with Crippen LogP contribution in [0.1, 0.15) is 23.4 Å². The average Bonchev–Trinajstić information content (AvgIpc) is 3.30. The summed E-state index contributed by atoms with van der Waals surface area (Å²) >= 11 is 0. The van der Waals surface area contributed by atoms with Crippen molar-refractivity contribution in [3.05, 3.63) is 48.4 Å². The molecular weight excluding hydrogens is 320 g/mol. The number of para-hydroxylation sites is 2. The summed E-state index contributed by atoms with van der Waals surface area (Å²) in [6, 6.07) is 11.0. The molecule has 128 valence electrons. The third-order valence-electron chi connectivity index (χ3n) is 4.52. The first kappa shape index (κ1) is 15.4. The molecule has 1 fully saturated rings. The van der Waals surface area contributed by atoms with Crippen molar-refractivity contribution in [2.75, 3.05) is 18.4 Å². The Balaban J connectivity index is 1.35. The maximum Gasteiger partial charge on any atom is 0.289 e. The second kappa shape index (κ2) is 6.43. The third kappa shape index (κ3) is 3.13. The Morgan fingerprint density at radius 3 is 2.68 bits per heavy atom. The standard InChI is InChI=1S/C18H18N4O3/c23-16(21-18-19-13-4-1-2-5-14(13)20-18)12-7-9-22(10-8-12)17(24)15-6-3-11-25-15/h1-6,11-12H,7-10H2,(H2,19,20,21,23). The fourth-order valence-corrected chi connectivity index (χ4v) is 3.13. The summed E-state index contributed by atoms with van der Waals surface area (Å²) in [4.78, 5) is 33.9. The van der Waals surface area contributed by atoms with Gasteiger partial charge in [0.05, 0.1) is 17.3 Å². The predicted molar refractivity (Wildman–Crippen MR) is 92.1 cm³/mol. The highest BCUT2D eigenvalue weighted by atomic mass is 16.3. The molecule has 25 heavy (non-hydrogen) atoms. The first-order valence-electron chi connectivity index (χ1n) is 8.29. The van der Waals surface area contributed by atoms with E-state index in [2.05, 4.69) is 15.3 Å². The topological polar surface area (TPSA) is 91.2 Å². The van der Waals surface area contributed by atoms with E-state index in [4.69, 9.17) is 4.42 Å². The van der Waals surface area contributed by atoms with Crippen molar-refractivity contribution in [2.24, 2.45) is 5.92 Å². The molecule has 2 aromatic heterocycles. The summed E-state index contributed by atoms with van der Waals surface area (Å²) in [5, 5.41) is 2.85. The molecule has 1 aromatic carbocycles. The number of hydrogen-bond donors (Lipinski definition) is 2. The van der Waals surface area contributed by atoms with Gasteiger partial charge in [-0.05, 0) is 37.1 Å². The van der Waals surface area contributed by atoms with Gasteiger partial charge in [-0.2, -0.15) is 0 Å². The molecule has 3 heterocycles. The largest absolute Gasteiger partial charge is 0.459 e. The van der Waals surface area contributed by atoms with Crippen LogP contribution in [0.5, 0.6) is 0 Å². The van der Waals surface area contributed by atoms with E-state index < -0.39 is 0 Å². The van der Waals surface area contributed by atoms with E-state index in [9.17, 15) is 9.59 Å². The monoisotopic (exact) mass is 338 g/mol. The zero-order valence-electron chi connectivity index (χ0n) is 13.6. The SMILES string of the molecule is O=C(Nc1nc2ccccc2[nH]1)C1CCN(C(=O)c2ccco2)CC1. The number of nitrogens with one attached hydrogen (secondary N) is 2. The fourth-order valence-electron chi connectivity index (χ4n) is 3.13. The molecule has 0 saturated carbocycles. The number of nitrogens with zero attached hydrogens (tertiary/aromatic N) is 2. The molecular formula is C18H18N4O3. The van der Waals surface area contributed by atoms with Gasteiger partial charge in [-0.15, -0.1) is 0 Å². The Morgan fingerprint density at radius 2 is 1.96 bits per heavy atom. The number of aromatic nitrogens is 2. The van der Waals surface area contributed by atoms with Crippen molar-refractivity contribution in [3.63, 3.8) is 0 Å². The first-order valence-corrected chi connectivity index (χ1v) is 8.29. The van der Waals surface area contributed by atoms with Crippen molar-refractivity contribution in [2.45, 2.75) is 12.8 Å². The highest BCUT2D eigenvalue weighted by Crippen LogP contribution is 2.21. The molecule has 7 nitrogen and oxygen atoms in total. The van der Waals surface area contributed by atoms with Crippen molar-refractivity contribution in [3.8, 4) is 0 Å². The molecule has 1 saturated heterocycles. The second-order valence-electron chi connectivity index (χ2n) is 6.14. The van der Waals surface area contributed by atoms with Crippen molar-refractivity contribution in [1.29, 1.82) is 0 Å². The number of hydrogen-bond acceptors (Lipinski definition) is 4. The first-order chi connectivity index (χ1) is 12.2. The number of aromatic amines is 1. The van der Waals surface area contributed by atoms with Crippen LogP contribution in [0.3, 0.4) is 0 Å². The molecule has 7 heteroatoms. The van der Waals surface area contributed by atoms with Crippen molar-refractivity contribution >= 4 is 28.8 Å². The molecule has 0 bridgehead atoms. The molecule has 0 unspecified atom stereocenters. The van der Waals surface area contributed by atoms with E-state index in [-0.39, 0.29) is 17.7 Å². The average molecular weight is 338 g/mol. The van der Waals surface area contributed by atoms with Gasteiger partial charge in [-0.3, -0.25) is 14.9 Å². The number of anilines is 1. The lowest BCUT2D eigenvalue weighted by Crippen LogP contribution is -2.41. The van der Waals surface area contributed by atoms with Gasteiger partial charge in [-0.1, -0.05) is 12.1 Å². The minimum atomic E-state index is -0.131. The van der Waals surface area contributed by atoms with Crippen LogP contribution >= 0.6 is 0 Å². The zero-order chi connectivity index (χ0) is 17.2. The minimum Gasteiger partial charge on any atom is -0.459 e. The minimum absolute atomic E-state index is 0.0656. The second-order valence-corrected chi connectivity index (χ2v) is 6.14. The highest BCUT2D eigenvalue weighted by molar-refractivity contribution is 5.94. The Kier molecular flexibility index (Phi) is 3.97. The van der Waals surface area contributed by atoms with Crippen LogP contribution in [0, 0.1) is 5.92 Å². The van der Waals surface area contributed by atoms with Crippen LogP contribution in [0.15, 0.2) is 47.1 Å². The molecule has 2 amide bonds. The number of carbonyl (C=O) groups excluding carboxylic acids is 2. The fraction of sp³-hybridized carbons (Fsp3) is 0.278. The van der Waals surface area contributed by atoms with Gasteiger partial charge in [0.2, 0.25) is 11.9 Å². The van der Waals surface area contributed by atoms with Gasteiger partial charge in [0.15, 0.2) is 5.76 Å². The maximum absolute atomic E-state index is 12.5. The van der Waals surface area contributed by atoms with Crippen LogP contribution in [-0.4, -0.2) is 39.8 Å². The van der Waals surface area contributed by atoms with Crippen LogP contribution < -0.4 is 5.32 Å². The predicted octanol–water partition coefficient (Wildman–Crippen LogP) is 2.65. The van der Waals surface area contributed by atoms with Crippen LogP contribution in [0.25, 0.3) is 11.0 Å². The van der Waals surface area contributed by atoms with E-state index in [1.165, 1.54) is 6.26 Å². The lowest BCUT2D eigenvalue weighted by atomic mass is 9.96.